The maximum atomic E-state index is 11.7. The van der Waals surface area contributed by atoms with Crippen molar-refractivity contribution in [2.24, 2.45) is 5.92 Å². The van der Waals surface area contributed by atoms with Gasteiger partial charge in [0.05, 0.1) is 0 Å². The van der Waals surface area contributed by atoms with Gasteiger partial charge in [0, 0.05) is 17.9 Å². The van der Waals surface area contributed by atoms with Crippen molar-refractivity contribution in [2.75, 3.05) is 0 Å². The van der Waals surface area contributed by atoms with E-state index in [-0.39, 0.29) is 0 Å². The highest BCUT2D eigenvalue weighted by molar-refractivity contribution is 6.30. The molecule has 0 radical (unpaired) electrons. The first-order valence-electron chi connectivity index (χ1n) is 5.50. The Balaban J connectivity index is 1.87. The highest BCUT2D eigenvalue weighted by Crippen LogP contribution is 2.29. The number of halogens is 1. The van der Waals surface area contributed by atoms with Crippen LogP contribution < -0.4 is 0 Å². The summed E-state index contributed by atoms with van der Waals surface area (Å²) in [5, 5.41) is 0.712. The smallest absolute Gasteiger partial charge is 0.137 e. The van der Waals surface area contributed by atoms with Crippen LogP contribution in [0.3, 0.4) is 0 Å². The summed E-state index contributed by atoms with van der Waals surface area (Å²) < 4.78 is 0. The van der Waals surface area contributed by atoms with Gasteiger partial charge >= 0.3 is 0 Å². The highest BCUT2D eigenvalue weighted by Gasteiger charge is 2.20. The van der Waals surface area contributed by atoms with E-state index in [2.05, 4.69) is 0 Å². The predicted octanol–water partition coefficient (Wildman–Crippen LogP) is 3.64. The summed E-state index contributed by atoms with van der Waals surface area (Å²) in [6.07, 6.45) is 5.07. The summed E-state index contributed by atoms with van der Waals surface area (Å²) in [6.45, 7) is 0. The third-order valence-corrected chi connectivity index (χ3v) is 3.27. The number of carbonyl (C=O) groups is 1. The molecule has 0 spiro atoms. The summed E-state index contributed by atoms with van der Waals surface area (Å²) in [5.41, 5.74) is 1.03. The normalized spacial score (nSPS) is 16.1. The number of ketones is 1. The zero-order valence-electron chi connectivity index (χ0n) is 8.71. The first kappa shape index (κ1) is 10.7. The molecule has 1 nitrogen and oxygen atoms in total. The molecule has 1 aromatic carbocycles. The molecular formula is C13H15ClO. The number of rotatable bonds is 4. The number of hydrogen-bond donors (Lipinski definition) is 0. The van der Waals surface area contributed by atoms with Crippen LogP contribution in [0, 0.1) is 5.92 Å². The molecule has 0 atom stereocenters. The van der Waals surface area contributed by atoms with Crippen molar-refractivity contribution in [3.8, 4) is 0 Å². The number of benzene rings is 1. The molecule has 1 aliphatic carbocycles. The fraction of sp³-hybridized carbons (Fsp3) is 0.462. The quantitative estimate of drug-likeness (QED) is 0.760. The van der Waals surface area contributed by atoms with E-state index in [1.165, 1.54) is 19.3 Å². The average Bonchev–Trinajstić information content (AvgIpc) is 2.11. The summed E-state index contributed by atoms with van der Waals surface area (Å²) in [7, 11) is 0. The second-order valence-electron chi connectivity index (χ2n) is 4.35. The van der Waals surface area contributed by atoms with Gasteiger partial charge < -0.3 is 0 Å². The van der Waals surface area contributed by atoms with Gasteiger partial charge in [-0.2, -0.15) is 0 Å². The van der Waals surface area contributed by atoms with Crippen LogP contribution in [0.5, 0.6) is 0 Å². The van der Waals surface area contributed by atoms with E-state index in [1.807, 2.05) is 24.3 Å². The zero-order valence-corrected chi connectivity index (χ0v) is 9.46. The van der Waals surface area contributed by atoms with E-state index in [4.69, 9.17) is 11.6 Å². The molecule has 0 unspecified atom stereocenters. The van der Waals surface area contributed by atoms with Crippen molar-refractivity contribution >= 4 is 17.4 Å². The topological polar surface area (TPSA) is 17.1 Å². The second kappa shape index (κ2) is 4.80. The maximum absolute atomic E-state index is 11.7. The lowest BCUT2D eigenvalue weighted by Crippen LogP contribution is -2.17. The van der Waals surface area contributed by atoms with Crippen LogP contribution in [0.2, 0.25) is 5.02 Å². The summed E-state index contributed by atoms with van der Waals surface area (Å²) in [6, 6.07) is 7.57. The van der Waals surface area contributed by atoms with Crippen molar-refractivity contribution in [1.82, 2.24) is 0 Å². The molecule has 0 heterocycles. The van der Waals surface area contributed by atoms with Gasteiger partial charge in [0.2, 0.25) is 0 Å². The summed E-state index contributed by atoms with van der Waals surface area (Å²) >= 11 is 5.86. The van der Waals surface area contributed by atoms with Crippen LogP contribution in [0.15, 0.2) is 24.3 Å². The van der Waals surface area contributed by atoms with E-state index >= 15 is 0 Å². The van der Waals surface area contributed by atoms with Gasteiger partial charge in [-0.05, 0) is 23.6 Å². The van der Waals surface area contributed by atoms with Crippen molar-refractivity contribution in [2.45, 2.75) is 32.1 Å². The molecule has 1 saturated carbocycles. The SMILES string of the molecule is O=C(Cc1cccc(Cl)c1)CC1CCC1. The Labute approximate surface area is 95.4 Å². The predicted molar refractivity (Wildman–Crippen MR) is 62.1 cm³/mol. The fourth-order valence-electron chi connectivity index (χ4n) is 1.97. The molecule has 2 heteroatoms. The number of carbonyl (C=O) groups excluding carboxylic acids is 1. The van der Waals surface area contributed by atoms with Crippen molar-refractivity contribution in [3.05, 3.63) is 34.9 Å². The van der Waals surface area contributed by atoms with Crippen LogP contribution in [-0.2, 0) is 11.2 Å². The van der Waals surface area contributed by atoms with E-state index < -0.39 is 0 Å². The largest absolute Gasteiger partial charge is 0.299 e. The minimum absolute atomic E-state index is 0.349. The van der Waals surface area contributed by atoms with Gasteiger partial charge in [0.15, 0.2) is 0 Å². The van der Waals surface area contributed by atoms with E-state index in [1.54, 1.807) is 0 Å². The molecule has 0 amide bonds. The third-order valence-electron chi connectivity index (χ3n) is 3.03. The Morgan fingerprint density at radius 2 is 2.20 bits per heavy atom. The van der Waals surface area contributed by atoms with Gasteiger partial charge in [-0.3, -0.25) is 4.79 Å². The molecule has 15 heavy (non-hydrogen) atoms. The number of Topliss-reactive ketones (excluding diaryl/α,β-unsaturated/α-hetero) is 1. The summed E-state index contributed by atoms with van der Waals surface area (Å²) in [5.74, 6) is 1.01. The standard InChI is InChI=1S/C13H15ClO/c14-12-6-2-5-11(7-12)9-13(15)8-10-3-1-4-10/h2,5-7,10H,1,3-4,8-9H2. The van der Waals surface area contributed by atoms with Gasteiger partial charge in [0.25, 0.3) is 0 Å². The molecule has 1 fully saturated rings. The molecule has 0 aliphatic heterocycles. The molecule has 0 N–H and O–H groups in total. The lowest BCUT2D eigenvalue weighted by molar-refractivity contribution is -0.119. The van der Waals surface area contributed by atoms with Crippen molar-refractivity contribution in [3.63, 3.8) is 0 Å². The van der Waals surface area contributed by atoms with Gasteiger partial charge in [-0.25, -0.2) is 0 Å². The third kappa shape index (κ3) is 3.07. The van der Waals surface area contributed by atoms with Gasteiger partial charge in [-0.15, -0.1) is 0 Å². The molecule has 0 saturated heterocycles. The van der Waals surface area contributed by atoms with Crippen LogP contribution in [0.25, 0.3) is 0 Å². The minimum Gasteiger partial charge on any atom is -0.299 e. The maximum Gasteiger partial charge on any atom is 0.137 e. The molecule has 0 aromatic heterocycles. The fourth-order valence-corrected chi connectivity index (χ4v) is 2.18. The average molecular weight is 223 g/mol. The zero-order chi connectivity index (χ0) is 10.7. The lowest BCUT2D eigenvalue weighted by atomic mass is 9.81. The molecule has 0 bridgehead atoms. The van der Waals surface area contributed by atoms with E-state index in [0.29, 0.717) is 23.1 Å². The minimum atomic E-state index is 0.349. The first-order chi connectivity index (χ1) is 7.24. The Morgan fingerprint density at radius 3 is 2.80 bits per heavy atom. The lowest BCUT2D eigenvalue weighted by Gasteiger charge is -2.24. The Hall–Kier alpha value is -0.820. The van der Waals surface area contributed by atoms with Crippen molar-refractivity contribution in [1.29, 1.82) is 0 Å². The van der Waals surface area contributed by atoms with Crippen molar-refractivity contribution < 1.29 is 4.79 Å². The van der Waals surface area contributed by atoms with Crippen LogP contribution >= 0.6 is 11.6 Å². The molecular weight excluding hydrogens is 208 g/mol. The molecule has 2 rings (SSSR count). The van der Waals surface area contributed by atoms with E-state index in [9.17, 15) is 4.79 Å². The Kier molecular flexibility index (Phi) is 3.42. The Bertz CT molecular complexity index is 355. The first-order valence-corrected chi connectivity index (χ1v) is 5.88. The monoisotopic (exact) mass is 222 g/mol. The molecule has 1 aliphatic rings. The van der Waals surface area contributed by atoms with Gasteiger partial charge in [0.1, 0.15) is 5.78 Å². The van der Waals surface area contributed by atoms with Crippen LogP contribution in [0.4, 0.5) is 0 Å². The number of hydrogen-bond acceptors (Lipinski definition) is 1. The van der Waals surface area contributed by atoms with Gasteiger partial charge in [-0.1, -0.05) is 43.0 Å². The Morgan fingerprint density at radius 1 is 1.40 bits per heavy atom. The molecule has 1 aromatic rings. The van der Waals surface area contributed by atoms with E-state index in [0.717, 1.165) is 12.0 Å². The summed E-state index contributed by atoms with van der Waals surface area (Å²) in [4.78, 5) is 11.7. The van der Waals surface area contributed by atoms with Crippen LogP contribution in [-0.4, -0.2) is 5.78 Å². The van der Waals surface area contributed by atoms with Crippen LogP contribution in [0.1, 0.15) is 31.2 Å². The molecule has 80 valence electrons. The second-order valence-corrected chi connectivity index (χ2v) is 4.78. The highest BCUT2D eigenvalue weighted by atomic mass is 35.5.